The first kappa shape index (κ1) is 9.04. The number of furan rings is 1. The summed E-state index contributed by atoms with van der Waals surface area (Å²) in [6.07, 6.45) is 4.64. The van der Waals surface area contributed by atoms with Gasteiger partial charge in [-0.3, -0.25) is 4.79 Å². The molecule has 1 heterocycles. The molecule has 1 aromatic rings. The van der Waals surface area contributed by atoms with E-state index < -0.39 is 0 Å². The lowest BCUT2D eigenvalue weighted by Gasteiger charge is -2.04. The Labute approximate surface area is 72.6 Å². The van der Waals surface area contributed by atoms with E-state index in [9.17, 15) is 4.79 Å². The Morgan fingerprint density at radius 3 is 2.92 bits per heavy atom. The van der Waals surface area contributed by atoms with Gasteiger partial charge in [0.1, 0.15) is 5.78 Å². The van der Waals surface area contributed by atoms with Gasteiger partial charge in [-0.1, -0.05) is 13.8 Å². The van der Waals surface area contributed by atoms with E-state index in [0.29, 0.717) is 12.2 Å². The molecule has 2 nitrogen and oxygen atoms in total. The second-order valence-electron chi connectivity index (χ2n) is 3.08. The van der Waals surface area contributed by atoms with E-state index >= 15 is 0 Å². The predicted octanol–water partition coefficient (Wildman–Crippen LogP) is 2.44. The fraction of sp³-hybridized carbons (Fsp3) is 0.500. The third-order valence-electron chi connectivity index (χ3n) is 2.12. The second kappa shape index (κ2) is 4.10. The second-order valence-corrected chi connectivity index (χ2v) is 3.08. The number of hydrogen-bond acceptors (Lipinski definition) is 2. The molecule has 1 aromatic heterocycles. The summed E-state index contributed by atoms with van der Waals surface area (Å²) in [4.78, 5) is 11.4. The molecule has 0 radical (unpaired) electrons. The van der Waals surface area contributed by atoms with Crippen LogP contribution in [0, 0.1) is 5.92 Å². The zero-order valence-corrected chi connectivity index (χ0v) is 7.54. The van der Waals surface area contributed by atoms with Crippen molar-refractivity contribution in [2.75, 3.05) is 0 Å². The molecule has 0 amide bonds. The number of carbonyl (C=O) groups is 1. The molecule has 0 saturated carbocycles. The first-order valence-corrected chi connectivity index (χ1v) is 4.27. The molecule has 0 bridgehead atoms. The number of rotatable bonds is 4. The van der Waals surface area contributed by atoms with Crippen molar-refractivity contribution in [3.8, 4) is 0 Å². The van der Waals surface area contributed by atoms with E-state index in [1.165, 1.54) is 0 Å². The minimum absolute atomic E-state index is 0.167. The van der Waals surface area contributed by atoms with Crippen molar-refractivity contribution in [2.45, 2.75) is 26.7 Å². The van der Waals surface area contributed by atoms with Crippen molar-refractivity contribution < 1.29 is 9.21 Å². The Balaban J connectivity index is 2.47. The monoisotopic (exact) mass is 166 g/mol. The molecule has 0 aliphatic carbocycles. The number of carbonyl (C=O) groups excluding carboxylic acids is 1. The van der Waals surface area contributed by atoms with Gasteiger partial charge in [0.15, 0.2) is 0 Å². The molecule has 0 aliphatic heterocycles. The molecule has 0 fully saturated rings. The van der Waals surface area contributed by atoms with Crippen LogP contribution >= 0.6 is 0 Å². The lowest BCUT2D eigenvalue weighted by atomic mass is 9.99. The average Bonchev–Trinajstić information content (AvgIpc) is 2.55. The molecule has 1 atom stereocenters. The lowest BCUT2D eigenvalue weighted by molar-refractivity contribution is -0.121. The van der Waals surface area contributed by atoms with Crippen molar-refractivity contribution in [3.63, 3.8) is 0 Å². The van der Waals surface area contributed by atoms with Crippen LogP contribution in [0.5, 0.6) is 0 Å². The Morgan fingerprint density at radius 1 is 1.67 bits per heavy atom. The maximum Gasteiger partial charge on any atom is 0.140 e. The molecule has 2 heteroatoms. The van der Waals surface area contributed by atoms with Gasteiger partial charge in [-0.25, -0.2) is 0 Å². The van der Waals surface area contributed by atoms with Crippen LogP contribution in [0.3, 0.4) is 0 Å². The summed E-state index contributed by atoms with van der Waals surface area (Å²) in [6, 6.07) is 1.83. The molecule has 0 spiro atoms. The maximum atomic E-state index is 11.4. The summed E-state index contributed by atoms with van der Waals surface area (Å²) in [7, 11) is 0. The van der Waals surface area contributed by atoms with E-state index in [4.69, 9.17) is 4.42 Å². The Hall–Kier alpha value is -1.05. The predicted molar refractivity (Wildman–Crippen MR) is 46.9 cm³/mol. The third-order valence-corrected chi connectivity index (χ3v) is 2.12. The van der Waals surface area contributed by atoms with Gasteiger partial charge in [0.25, 0.3) is 0 Å². The van der Waals surface area contributed by atoms with Crippen LogP contribution in [-0.2, 0) is 11.2 Å². The zero-order chi connectivity index (χ0) is 8.97. The zero-order valence-electron chi connectivity index (χ0n) is 7.54. The van der Waals surface area contributed by atoms with Gasteiger partial charge in [-0.2, -0.15) is 0 Å². The number of Topliss-reactive ketones (excluding diaryl/α,β-unsaturated/α-hetero) is 1. The van der Waals surface area contributed by atoms with Gasteiger partial charge in [0, 0.05) is 12.3 Å². The standard InChI is InChI=1S/C10H14O2/c1-3-8(2)10(11)6-9-4-5-12-7-9/h4-5,7-8H,3,6H2,1-2H3. The topological polar surface area (TPSA) is 30.2 Å². The van der Waals surface area contributed by atoms with Crippen LogP contribution in [0.2, 0.25) is 0 Å². The van der Waals surface area contributed by atoms with Crippen LogP contribution in [0.1, 0.15) is 25.8 Å². The Kier molecular flexibility index (Phi) is 3.09. The Morgan fingerprint density at radius 2 is 2.42 bits per heavy atom. The fourth-order valence-electron chi connectivity index (χ4n) is 0.996. The first-order valence-electron chi connectivity index (χ1n) is 4.27. The molecule has 0 aromatic carbocycles. The highest BCUT2D eigenvalue weighted by atomic mass is 16.3. The van der Waals surface area contributed by atoms with Crippen molar-refractivity contribution in [1.29, 1.82) is 0 Å². The van der Waals surface area contributed by atoms with Crippen molar-refractivity contribution in [2.24, 2.45) is 5.92 Å². The molecule has 1 unspecified atom stereocenters. The molecule has 0 saturated heterocycles. The molecule has 1 rings (SSSR count). The highest BCUT2D eigenvalue weighted by Gasteiger charge is 2.11. The number of hydrogen-bond donors (Lipinski definition) is 0. The van der Waals surface area contributed by atoms with Gasteiger partial charge in [-0.15, -0.1) is 0 Å². The lowest BCUT2D eigenvalue weighted by Crippen LogP contribution is -2.12. The van der Waals surface area contributed by atoms with Crippen molar-refractivity contribution in [3.05, 3.63) is 24.2 Å². The van der Waals surface area contributed by atoms with Gasteiger partial charge < -0.3 is 4.42 Å². The third kappa shape index (κ3) is 2.22. The van der Waals surface area contributed by atoms with Crippen molar-refractivity contribution in [1.82, 2.24) is 0 Å². The molecule has 0 N–H and O–H groups in total. The highest BCUT2D eigenvalue weighted by Crippen LogP contribution is 2.08. The first-order chi connectivity index (χ1) is 5.74. The van der Waals surface area contributed by atoms with Crippen LogP contribution in [0.25, 0.3) is 0 Å². The molecule has 12 heavy (non-hydrogen) atoms. The van der Waals surface area contributed by atoms with Gasteiger partial charge >= 0.3 is 0 Å². The summed E-state index contributed by atoms with van der Waals surface area (Å²) >= 11 is 0. The van der Waals surface area contributed by atoms with Crippen LogP contribution in [0.4, 0.5) is 0 Å². The molecular formula is C10H14O2. The smallest absolute Gasteiger partial charge is 0.140 e. The van der Waals surface area contributed by atoms with Gasteiger partial charge in [0.05, 0.1) is 12.5 Å². The van der Waals surface area contributed by atoms with Crippen LogP contribution in [-0.4, -0.2) is 5.78 Å². The summed E-state index contributed by atoms with van der Waals surface area (Å²) in [5, 5.41) is 0. The highest BCUT2D eigenvalue weighted by molar-refractivity contribution is 5.82. The minimum atomic E-state index is 0.167. The fourth-order valence-corrected chi connectivity index (χ4v) is 0.996. The molecular weight excluding hydrogens is 152 g/mol. The summed E-state index contributed by atoms with van der Waals surface area (Å²) in [6.45, 7) is 3.99. The van der Waals surface area contributed by atoms with E-state index in [1.807, 2.05) is 19.9 Å². The van der Waals surface area contributed by atoms with Crippen molar-refractivity contribution >= 4 is 5.78 Å². The normalized spacial score (nSPS) is 12.8. The minimum Gasteiger partial charge on any atom is -0.472 e. The largest absolute Gasteiger partial charge is 0.472 e. The van der Waals surface area contributed by atoms with E-state index in [1.54, 1.807) is 12.5 Å². The van der Waals surface area contributed by atoms with Gasteiger partial charge in [0.2, 0.25) is 0 Å². The SMILES string of the molecule is CCC(C)C(=O)Cc1ccoc1. The van der Waals surface area contributed by atoms with E-state index in [0.717, 1.165) is 12.0 Å². The van der Waals surface area contributed by atoms with E-state index in [2.05, 4.69) is 0 Å². The summed E-state index contributed by atoms with van der Waals surface area (Å²) < 4.78 is 4.88. The Bertz CT molecular complexity index is 236. The van der Waals surface area contributed by atoms with Crippen LogP contribution in [0.15, 0.2) is 23.0 Å². The van der Waals surface area contributed by atoms with E-state index in [-0.39, 0.29) is 5.92 Å². The quantitative estimate of drug-likeness (QED) is 0.687. The number of ketones is 1. The average molecular weight is 166 g/mol. The molecule has 0 aliphatic rings. The summed E-state index contributed by atoms with van der Waals surface area (Å²) in [5.41, 5.74) is 0.973. The molecule has 66 valence electrons. The summed E-state index contributed by atoms with van der Waals surface area (Å²) in [5.74, 6) is 0.457. The van der Waals surface area contributed by atoms with Crippen LogP contribution < -0.4 is 0 Å². The van der Waals surface area contributed by atoms with Gasteiger partial charge in [-0.05, 0) is 18.1 Å². The maximum absolute atomic E-state index is 11.4.